The van der Waals surface area contributed by atoms with E-state index >= 15 is 0 Å². The normalized spacial score (nSPS) is 25.0. The van der Waals surface area contributed by atoms with Crippen LogP contribution in [0.5, 0.6) is 0 Å². The third-order valence-corrected chi connectivity index (χ3v) is 4.35. The Morgan fingerprint density at radius 1 is 1.42 bits per heavy atom. The molecule has 0 spiro atoms. The van der Waals surface area contributed by atoms with E-state index in [-0.39, 0.29) is 0 Å². The number of rotatable bonds is 1. The fraction of sp³-hybridized carbons (Fsp3) is 0.571. The van der Waals surface area contributed by atoms with Crippen LogP contribution in [0.1, 0.15) is 31.4 Å². The summed E-state index contributed by atoms with van der Waals surface area (Å²) in [5.41, 5.74) is 9.13. The molecule has 5 nitrogen and oxygen atoms in total. The van der Waals surface area contributed by atoms with Gasteiger partial charge in [0.15, 0.2) is 5.65 Å². The molecule has 0 bridgehead atoms. The number of pyridine rings is 1. The highest BCUT2D eigenvalue weighted by atomic mass is 15.2. The molecule has 2 atom stereocenters. The van der Waals surface area contributed by atoms with E-state index < -0.39 is 0 Å². The fourth-order valence-corrected chi connectivity index (χ4v) is 2.99. The maximum atomic E-state index is 6.13. The molecule has 2 aromatic rings. The van der Waals surface area contributed by atoms with Crippen LogP contribution in [-0.2, 0) is 0 Å². The van der Waals surface area contributed by atoms with Crippen molar-refractivity contribution >= 4 is 17.1 Å². The zero-order valence-corrected chi connectivity index (χ0v) is 11.8. The Labute approximate surface area is 113 Å². The van der Waals surface area contributed by atoms with E-state index in [1.54, 1.807) is 0 Å². The van der Waals surface area contributed by atoms with Gasteiger partial charge in [-0.1, -0.05) is 0 Å². The molecule has 3 rings (SSSR count). The van der Waals surface area contributed by atoms with Gasteiger partial charge in [0.2, 0.25) is 5.95 Å². The van der Waals surface area contributed by atoms with Crippen molar-refractivity contribution in [3.05, 3.63) is 17.8 Å². The summed E-state index contributed by atoms with van der Waals surface area (Å²) in [6.07, 6.45) is 4.04. The van der Waals surface area contributed by atoms with Gasteiger partial charge in [0.25, 0.3) is 0 Å². The molecule has 2 aromatic heterocycles. The molecule has 3 heterocycles. The molecule has 19 heavy (non-hydrogen) atoms. The molecule has 102 valence electrons. The number of anilines is 1. The van der Waals surface area contributed by atoms with Crippen LogP contribution in [0.2, 0.25) is 0 Å². The summed E-state index contributed by atoms with van der Waals surface area (Å²) in [5.74, 6) is 0.596. The minimum absolute atomic E-state index is 0.408. The largest absolute Gasteiger partial charge is 0.369 e. The molecular formula is C14H21N5. The van der Waals surface area contributed by atoms with Gasteiger partial charge in [-0.3, -0.25) is 4.57 Å². The predicted octanol–water partition coefficient (Wildman–Crippen LogP) is 1.98. The lowest BCUT2D eigenvalue weighted by Crippen LogP contribution is -2.38. The van der Waals surface area contributed by atoms with Crippen LogP contribution in [0.3, 0.4) is 0 Å². The zero-order valence-electron chi connectivity index (χ0n) is 11.8. The van der Waals surface area contributed by atoms with Crippen molar-refractivity contribution in [2.45, 2.75) is 38.8 Å². The number of nitrogens with zero attached hydrogens (tertiary/aromatic N) is 4. The average molecular weight is 259 g/mol. The van der Waals surface area contributed by atoms with E-state index in [0.29, 0.717) is 18.0 Å². The summed E-state index contributed by atoms with van der Waals surface area (Å²) in [7, 11) is 2.18. The number of aromatic nitrogens is 3. The molecular weight excluding hydrogens is 238 g/mol. The van der Waals surface area contributed by atoms with E-state index in [1.807, 2.05) is 12.3 Å². The van der Waals surface area contributed by atoms with Crippen molar-refractivity contribution in [2.24, 2.45) is 0 Å². The summed E-state index contributed by atoms with van der Waals surface area (Å²) in [6, 6.07) is 2.96. The Morgan fingerprint density at radius 3 is 2.95 bits per heavy atom. The molecule has 0 amide bonds. The van der Waals surface area contributed by atoms with Crippen LogP contribution in [0.4, 0.5) is 5.95 Å². The van der Waals surface area contributed by atoms with Gasteiger partial charge in [0.05, 0.1) is 0 Å². The number of piperidine rings is 1. The van der Waals surface area contributed by atoms with Gasteiger partial charge >= 0.3 is 0 Å². The Bertz CT molecular complexity index is 603. The topological polar surface area (TPSA) is 60.0 Å². The van der Waals surface area contributed by atoms with Gasteiger partial charge in [-0.05, 0) is 45.4 Å². The lowest BCUT2D eigenvalue weighted by Gasteiger charge is -2.35. The summed E-state index contributed by atoms with van der Waals surface area (Å²) in [4.78, 5) is 11.4. The lowest BCUT2D eigenvalue weighted by atomic mass is 9.99. The van der Waals surface area contributed by atoms with Gasteiger partial charge in [0.1, 0.15) is 5.52 Å². The quantitative estimate of drug-likeness (QED) is 0.850. The van der Waals surface area contributed by atoms with Crippen LogP contribution in [-0.4, -0.2) is 39.1 Å². The predicted molar refractivity (Wildman–Crippen MR) is 77.0 cm³/mol. The Kier molecular flexibility index (Phi) is 2.93. The first-order chi connectivity index (χ1) is 9.08. The second-order valence-electron chi connectivity index (χ2n) is 5.65. The molecule has 1 fully saturated rings. The first-order valence-electron chi connectivity index (χ1n) is 6.87. The van der Waals surface area contributed by atoms with Crippen LogP contribution in [0.15, 0.2) is 12.3 Å². The number of hydrogen-bond acceptors (Lipinski definition) is 4. The van der Waals surface area contributed by atoms with E-state index in [1.165, 1.54) is 0 Å². The molecule has 1 saturated heterocycles. The van der Waals surface area contributed by atoms with Gasteiger partial charge in [-0.2, -0.15) is 0 Å². The summed E-state index contributed by atoms with van der Waals surface area (Å²) < 4.78 is 2.13. The molecule has 0 aliphatic carbocycles. The summed E-state index contributed by atoms with van der Waals surface area (Å²) in [5, 5.41) is 0. The molecule has 0 aromatic carbocycles. The van der Waals surface area contributed by atoms with Gasteiger partial charge in [0, 0.05) is 24.8 Å². The maximum Gasteiger partial charge on any atom is 0.202 e. The van der Waals surface area contributed by atoms with E-state index in [4.69, 9.17) is 5.73 Å². The van der Waals surface area contributed by atoms with Gasteiger partial charge in [-0.25, -0.2) is 9.97 Å². The van der Waals surface area contributed by atoms with Gasteiger partial charge in [-0.15, -0.1) is 0 Å². The number of likely N-dealkylation sites (tertiary alicyclic amines) is 1. The first kappa shape index (κ1) is 12.4. The van der Waals surface area contributed by atoms with Crippen LogP contribution >= 0.6 is 0 Å². The maximum absolute atomic E-state index is 6.13. The number of nitrogens with two attached hydrogens (primary N) is 1. The van der Waals surface area contributed by atoms with Crippen molar-refractivity contribution in [2.75, 3.05) is 19.3 Å². The van der Waals surface area contributed by atoms with Crippen molar-refractivity contribution in [1.82, 2.24) is 19.4 Å². The molecule has 0 radical (unpaired) electrons. The monoisotopic (exact) mass is 259 g/mol. The standard InChI is InChI=1S/C14H21N5/c1-9-4-6-16-13-12(9)17-14(15)19(13)11-5-7-18(3)10(2)8-11/h4,6,10-11H,5,7-8H2,1-3H3,(H2,15,17). The minimum Gasteiger partial charge on any atom is -0.369 e. The molecule has 2 N–H and O–H groups in total. The van der Waals surface area contributed by atoms with Crippen LogP contribution in [0.25, 0.3) is 11.2 Å². The Morgan fingerprint density at radius 2 is 2.21 bits per heavy atom. The SMILES string of the molecule is Cc1ccnc2c1nc(N)n2C1CCN(C)C(C)C1. The molecule has 1 aliphatic heterocycles. The highest BCUT2D eigenvalue weighted by Crippen LogP contribution is 2.31. The van der Waals surface area contributed by atoms with Crippen LogP contribution < -0.4 is 5.73 Å². The smallest absolute Gasteiger partial charge is 0.202 e. The second kappa shape index (κ2) is 4.49. The Balaban J connectivity index is 2.05. The van der Waals surface area contributed by atoms with Crippen molar-refractivity contribution in [3.8, 4) is 0 Å². The number of aryl methyl sites for hydroxylation is 1. The highest BCUT2D eigenvalue weighted by molar-refractivity contribution is 5.77. The minimum atomic E-state index is 0.408. The molecule has 5 heteroatoms. The first-order valence-corrected chi connectivity index (χ1v) is 6.87. The van der Waals surface area contributed by atoms with Crippen molar-refractivity contribution in [1.29, 1.82) is 0 Å². The average Bonchev–Trinajstić information content (AvgIpc) is 2.71. The van der Waals surface area contributed by atoms with Crippen molar-refractivity contribution < 1.29 is 0 Å². The molecule has 0 saturated carbocycles. The third-order valence-electron chi connectivity index (χ3n) is 4.35. The van der Waals surface area contributed by atoms with Crippen LogP contribution in [0, 0.1) is 6.92 Å². The molecule has 1 aliphatic rings. The highest BCUT2D eigenvalue weighted by Gasteiger charge is 2.27. The number of imidazole rings is 1. The molecule has 2 unspecified atom stereocenters. The lowest BCUT2D eigenvalue weighted by molar-refractivity contribution is 0.159. The van der Waals surface area contributed by atoms with E-state index in [0.717, 1.165) is 36.1 Å². The van der Waals surface area contributed by atoms with Crippen molar-refractivity contribution in [3.63, 3.8) is 0 Å². The number of nitrogen functional groups attached to an aromatic ring is 1. The number of fused-ring (bicyclic) bond motifs is 1. The third kappa shape index (κ3) is 1.98. The summed E-state index contributed by atoms with van der Waals surface area (Å²) >= 11 is 0. The summed E-state index contributed by atoms with van der Waals surface area (Å²) in [6.45, 7) is 5.41. The number of hydrogen-bond donors (Lipinski definition) is 1. The fourth-order valence-electron chi connectivity index (χ4n) is 2.99. The second-order valence-corrected chi connectivity index (χ2v) is 5.65. The van der Waals surface area contributed by atoms with E-state index in [2.05, 4.69) is 40.3 Å². The van der Waals surface area contributed by atoms with Gasteiger partial charge < -0.3 is 10.6 Å². The van der Waals surface area contributed by atoms with E-state index in [9.17, 15) is 0 Å². The zero-order chi connectivity index (χ0) is 13.6. The Hall–Kier alpha value is -1.62.